The average molecular weight is 904 g/mol. The fraction of sp³-hybridized carbons (Fsp3) is 0.116. The Morgan fingerprint density at radius 1 is 0.645 bits per heavy atom. The van der Waals surface area contributed by atoms with Crippen LogP contribution in [0, 0.1) is 0 Å². The zero-order valence-corrected chi connectivity index (χ0v) is 36.9. The number of ketones is 2. The molecule has 0 saturated carbocycles. The fourth-order valence-corrected chi connectivity index (χ4v) is 9.55. The lowest BCUT2D eigenvalue weighted by Gasteiger charge is -2.12. The number of nitrogens with zero attached hydrogens (tertiary/aromatic N) is 9. The van der Waals surface area contributed by atoms with Crippen LogP contribution < -0.4 is 0 Å². The van der Waals surface area contributed by atoms with Gasteiger partial charge in [0.1, 0.15) is 0 Å². The second kappa shape index (κ2) is 18.6. The van der Waals surface area contributed by atoms with Crippen LogP contribution in [0.4, 0.5) is 0 Å². The molecular formula is C43H37N9O6S4. The fourth-order valence-electron chi connectivity index (χ4n) is 6.16. The van der Waals surface area contributed by atoms with E-state index in [0.717, 1.165) is 7.94 Å². The molecule has 0 aliphatic heterocycles. The van der Waals surface area contributed by atoms with E-state index in [9.17, 15) is 26.4 Å². The van der Waals surface area contributed by atoms with Crippen LogP contribution in [0.2, 0.25) is 0 Å². The summed E-state index contributed by atoms with van der Waals surface area (Å²) in [6.45, 7) is 0. The maximum absolute atomic E-state index is 13.4. The number of hydrogen-bond donors (Lipinski definition) is 0. The summed E-state index contributed by atoms with van der Waals surface area (Å²) in [6, 6.07) is 26.2. The van der Waals surface area contributed by atoms with Crippen molar-refractivity contribution in [2.75, 3.05) is 26.6 Å². The summed E-state index contributed by atoms with van der Waals surface area (Å²) in [6.07, 6.45) is 14.5. The Balaban J connectivity index is 0.000000188. The van der Waals surface area contributed by atoms with Crippen molar-refractivity contribution in [2.45, 2.75) is 26.5 Å². The molecule has 0 radical (unpaired) electrons. The zero-order valence-electron chi connectivity index (χ0n) is 33.6. The molecule has 0 unspecified atom stereocenters. The first-order valence-corrected chi connectivity index (χ1v) is 23.9. The summed E-state index contributed by atoms with van der Waals surface area (Å²) in [7, 11) is -3.93. The molecule has 8 aromatic rings. The van der Waals surface area contributed by atoms with E-state index in [0.29, 0.717) is 49.2 Å². The van der Waals surface area contributed by atoms with E-state index in [-0.39, 0.29) is 39.1 Å². The molecule has 0 N–H and O–H groups in total. The first-order chi connectivity index (χ1) is 29.8. The van der Waals surface area contributed by atoms with Crippen LogP contribution in [0.25, 0.3) is 27.6 Å². The monoisotopic (exact) mass is 903 g/mol. The maximum atomic E-state index is 13.4. The third-order valence-corrected chi connectivity index (χ3v) is 13.6. The Hall–Kier alpha value is -6.54. The van der Waals surface area contributed by atoms with Gasteiger partial charge in [0, 0.05) is 79.4 Å². The number of pyridine rings is 2. The van der Waals surface area contributed by atoms with Crippen LogP contribution in [0.15, 0.2) is 161 Å². The standard InChI is InChI=1S/C23H21N5O3S2.C20H16N4O3S2/c1-27(2)15-19(20-9-11-24-23(26-20)32-3)21(29)17-13-16-10-12-28(22(16)25-14-17)33(30,31)18-7-5-4-6-8-18;1-28-20-21-9-7-16(23-20)12-18(25)15-11-14-8-10-24(19(14)22-13-15)29(26,27)17-5-3-2-4-6-17/h4-15H,1-3H3;2-11,13H,12H2,1H3/b19-15-;. The highest BCUT2D eigenvalue weighted by molar-refractivity contribution is 7.98. The van der Waals surface area contributed by atoms with Gasteiger partial charge in [-0.25, -0.2) is 54.7 Å². The number of allylic oxidation sites excluding steroid dienone is 1. The van der Waals surface area contributed by atoms with Gasteiger partial charge < -0.3 is 4.90 Å². The van der Waals surface area contributed by atoms with Crippen LogP contribution in [-0.2, 0) is 26.5 Å². The largest absolute Gasteiger partial charge is 0.383 e. The van der Waals surface area contributed by atoms with Gasteiger partial charge in [0.15, 0.2) is 33.2 Å². The van der Waals surface area contributed by atoms with E-state index in [1.54, 1.807) is 96.3 Å². The van der Waals surface area contributed by atoms with Crippen molar-refractivity contribution >= 4 is 82.8 Å². The van der Waals surface area contributed by atoms with Crippen molar-refractivity contribution < 1.29 is 26.4 Å². The molecule has 0 aliphatic rings. The highest BCUT2D eigenvalue weighted by atomic mass is 32.2. The second-order valence-electron chi connectivity index (χ2n) is 13.5. The summed E-state index contributed by atoms with van der Waals surface area (Å²) in [5.74, 6) is -0.425. The average Bonchev–Trinajstić information content (AvgIpc) is 3.94. The Kier molecular flexibility index (Phi) is 13.1. The second-order valence-corrected chi connectivity index (χ2v) is 18.7. The maximum Gasteiger partial charge on any atom is 0.269 e. The molecule has 62 heavy (non-hydrogen) atoms. The number of hydrogen-bond acceptors (Lipinski definition) is 15. The van der Waals surface area contributed by atoms with Gasteiger partial charge in [-0.05, 0) is 73.2 Å². The molecule has 0 bridgehead atoms. The smallest absolute Gasteiger partial charge is 0.269 e. The molecule has 0 fully saturated rings. The van der Waals surface area contributed by atoms with Crippen LogP contribution in [0.5, 0.6) is 0 Å². The Morgan fingerprint density at radius 2 is 1.15 bits per heavy atom. The molecule has 0 atom stereocenters. The van der Waals surface area contributed by atoms with Gasteiger partial charge in [-0.3, -0.25) is 9.59 Å². The number of benzene rings is 2. The minimum absolute atomic E-state index is 0.117. The molecule has 0 spiro atoms. The van der Waals surface area contributed by atoms with Crippen molar-refractivity contribution in [3.63, 3.8) is 0 Å². The van der Waals surface area contributed by atoms with Gasteiger partial charge in [0.25, 0.3) is 20.0 Å². The van der Waals surface area contributed by atoms with Crippen LogP contribution in [0.1, 0.15) is 32.1 Å². The summed E-state index contributed by atoms with van der Waals surface area (Å²) in [5, 5.41) is 2.27. The highest BCUT2D eigenvalue weighted by Gasteiger charge is 2.23. The minimum Gasteiger partial charge on any atom is -0.383 e. The first kappa shape index (κ1) is 43.5. The van der Waals surface area contributed by atoms with Crippen molar-refractivity contribution in [1.29, 1.82) is 0 Å². The molecule has 15 nitrogen and oxygen atoms in total. The van der Waals surface area contributed by atoms with Crippen molar-refractivity contribution in [1.82, 2.24) is 42.7 Å². The van der Waals surface area contributed by atoms with Gasteiger partial charge in [-0.2, -0.15) is 0 Å². The highest BCUT2D eigenvalue weighted by Crippen LogP contribution is 2.26. The Bertz CT molecular complexity index is 3190. The van der Waals surface area contributed by atoms with Gasteiger partial charge in [0.2, 0.25) is 0 Å². The van der Waals surface area contributed by atoms with E-state index in [1.807, 2.05) is 26.6 Å². The van der Waals surface area contributed by atoms with E-state index in [1.165, 1.54) is 72.6 Å². The molecule has 8 rings (SSSR count). The first-order valence-electron chi connectivity index (χ1n) is 18.5. The number of carbonyl (C=O) groups is 2. The molecule has 0 amide bonds. The summed E-state index contributed by atoms with van der Waals surface area (Å²) in [4.78, 5) is 53.8. The Morgan fingerprint density at radius 3 is 1.68 bits per heavy atom. The van der Waals surface area contributed by atoms with Crippen LogP contribution in [-0.4, -0.2) is 97.8 Å². The number of thioether (sulfide) groups is 2. The molecule has 19 heteroatoms. The molecular weight excluding hydrogens is 867 g/mol. The van der Waals surface area contributed by atoms with Gasteiger partial charge in [-0.15, -0.1) is 0 Å². The third kappa shape index (κ3) is 9.35. The van der Waals surface area contributed by atoms with Gasteiger partial charge in [0.05, 0.1) is 33.2 Å². The zero-order chi connectivity index (χ0) is 44.0. The number of rotatable bonds is 13. The van der Waals surface area contributed by atoms with Crippen molar-refractivity contribution in [3.05, 3.63) is 163 Å². The molecule has 2 aromatic carbocycles. The molecule has 6 heterocycles. The predicted octanol–water partition coefficient (Wildman–Crippen LogP) is 6.78. The SMILES string of the molecule is CSc1nccc(/C(=C/N(C)C)C(=O)c2cnc3c(ccn3S(=O)(=O)c3ccccc3)c2)n1.CSc1nccc(CC(=O)c2cnc3c(ccn3S(=O)(=O)c3ccccc3)c2)n1. The molecule has 0 saturated heterocycles. The van der Waals surface area contributed by atoms with E-state index in [2.05, 4.69) is 29.9 Å². The number of fused-ring (bicyclic) bond motifs is 2. The lowest BCUT2D eigenvalue weighted by Crippen LogP contribution is -2.13. The van der Waals surface area contributed by atoms with Gasteiger partial charge >= 0.3 is 0 Å². The molecule has 6 aromatic heterocycles. The van der Waals surface area contributed by atoms with Gasteiger partial charge in [-0.1, -0.05) is 59.9 Å². The summed E-state index contributed by atoms with van der Waals surface area (Å²) >= 11 is 2.79. The topological polar surface area (TPSA) is 193 Å². The minimum atomic E-state index is -3.81. The normalized spacial score (nSPS) is 11.9. The molecule has 0 aliphatic carbocycles. The third-order valence-electron chi connectivity index (χ3n) is 9.11. The number of aromatic nitrogens is 8. The summed E-state index contributed by atoms with van der Waals surface area (Å²) < 4.78 is 54.0. The van der Waals surface area contributed by atoms with Crippen LogP contribution in [0.3, 0.4) is 0 Å². The van der Waals surface area contributed by atoms with E-state index < -0.39 is 20.0 Å². The van der Waals surface area contributed by atoms with Crippen molar-refractivity contribution in [2.24, 2.45) is 0 Å². The quantitative estimate of drug-likeness (QED) is 0.0508. The molecule has 314 valence electrons. The number of Topliss-reactive ketones (excluding diaryl/α,β-unsaturated/α-hetero) is 2. The van der Waals surface area contributed by atoms with Crippen molar-refractivity contribution in [3.8, 4) is 0 Å². The van der Waals surface area contributed by atoms with E-state index >= 15 is 0 Å². The summed E-state index contributed by atoms with van der Waals surface area (Å²) in [5.41, 5.74) is 2.76. The predicted molar refractivity (Wildman–Crippen MR) is 239 cm³/mol. The Labute approximate surface area is 366 Å². The van der Waals surface area contributed by atoms with E-state index in [4.69, 9.17) is 0 Å². The lowest BCUT2D eigenvalue weighted by molar-refractivity contribution is 0.0990. The lowest BCUT2D eigenvalue weighted by atomic mass is 10.0. The van der Waals surface area contributed by atoms with Crippen LogP contribution >= 0.6 is 23.5 Å². The number of carbonyl (C=O) groups excluding carboxylic acids is 2.